The van der Waals surface area contributed by atoms with E-state index in [0.29, 0.717) is 23.5 Å². The van der Waals surface area contributed by atoms with Gasteiger partial charge in [0.05, 0.1) is 0 Å². The molecule has 0 heterocycles. The molecule has 0 aromatic carbocycles. The monoisotopic (exact) mass is 218 g/mol. The molecule has 2 aliphatic rings. The average molecular weight is 218 g/mol. The lowest BCUT2D eigenvalue weighted by atomic mass is 9.86. The standard InChI is InChI=1S/C15H22O/c1-9(2)13-8-14-10(3)5-6-12(14)11(4)7-15(13)16/h8,10-12H,5-7H2,1-4H3/t10-,11-,12-/m0/s1. The number of carbonyl (C=O) groups excluding carboxylic acids is 1. The predicted octanol–water partition coefficient (Wildman–Crippen LogP) is 3.90. The van der Waals surface area contributed by atoms with Gasteiger partial charge < -0.3 is 0 Å². The molecular formula is C15H22O. The molecule has 0 radical (unpaired) electrons. The van der Waals surface area contributed by atoms with Gasteiger partial charge in [0.15, 0.2) is 5.78 Å². The van der Waals surface area contributed by atoms with E-state index in [-0.39, 0.29) is 0 Å². The lowest BCUT2D eigenvalue weighted by molar-refractivity contribution is -0.116. The molecule has 0 spiro atoms. The fraction of sp³-hybridized carbons (Fsp3) is 0.667. The van der Waals surface area contributed by atoms with Crippen molar-refractivity contribution in [3.8, 4) is 0 Å². The molecule has 0 aromatic rings. The van der Waals surface area contributed by atoms with E-state index in [1.807, 2.05) is 0 Å². The number of hydrogen-bond donors (Lipinski definition) is 0. The van der Waals surface area contributed by atoms with E-state index in [1.165, 1.54) is 24.0 Å². The fourth-order valence-electron chi connectivity index (χ4n) is 3.21. The molecule has 0 saturated heterocycles. The third-order valence-corrected chi connectivity index (χ3v) is 4.25. The number of rotatable bonds is 0. The van der Waals surface area contributed by atoms with Crippen LogP contribution in [0.25, 0.3) is 0 Å². The fourth-order valence-corrected chi connectivity index (χ4v) is 3.21. The molecule has 1 nitrogen and oxygen atoms in total. The third kappa shape index (κ3) is 1.88. The van der Waals surface area contributed by atoms with E-state index in [1.54, 1.807) is 0 Å². The highest BCUT2D eigenvalue weighted by molar-refractivity contribution is 5.99. The molecule has 0 aliphatic heterocycles. The minimum atomic E-state index is 0.349. The maximum atomic E-state index is 12.1. The molecule has 16 heavy (non-hydrogen) atoms. The Morgan fingerprint density at radius 2 is 1.94 bits per heavy atom. The third-order valence-electron chi connectivity index (χ3n) is 4.25. The number of Topliss-reactive ketones (excluding diaryl/α,β-unsaturated/α-hetero) is 1. The van der Waals surface area contributed by atoms with Crippen LogP contribution in [0.15, 0.2) is 22.8 Å². The van der Waals surface area contributed by atoms with E-state index in [2.05, 4.69) is 33.8 Å². The summed E-state index contributed by atoms with van der Waals surface area (Å²) in [7, 11) is 0. The molecule has 1 heteroatoms. The second kappa shape index (κ2) is 4.20. The highest BCUT2D eigenvalue weighted by Gasteiger charge is 2.35. The van der Waals surface area contributed by atoms with Gasteiger partial charge in [-0.05, 0) is 44.4 Å². The van der Waals surface area contributed by atoms with Crippen molar-refractivity contribution in [3.05, 3.63) is 22.8 Å². The number of hydrogen-bond acceptors (Lipinski definition) is 1. The summed E-state index contributed by atoms with van der Waals surface area (Å²) in [6, 6.07) is 0. The minimum absolute atomic E-state index is 0.349. The Labute approximate surface area is 98.6 Å². The zero-order valence-corrected chi connectivity index (χ0v) is 10.8. The quantitative estimate of drug-likeness (QED) is 0.563. The lowest BCUT2D eigenvalue weighted by Crippen LogP contribution is -2.12. The van der Waals surface area contributed by atoms with Crippen molar-refractivity contribution >= 4 is 5.78 Å². The Morgan fingerprint density at radius 1 is 1.25 bits per heavy atom. The first-order valence-electron chi connectivity index (χ1n) is 6.43. The van der Waals surface area contributed by atoms with E-state index < -0.39 is 0 Å². The molecular weight excluding hydrogens is 196 g/mol. The van der Waals surface area contributed by atoms with Gasteiger partial charge in [0, 0.05) is 12.0 Å². The van der Waals surface area contributed by atoms with E-state index >= 15 is 0 Å². The normalized spacial score (nSPS) is 34.5. The van der Waals surface area contributed by atoms with Crippen molar-refractivity contribution in [2.75, 3.05) is 0 Å². The van der Waals surface area contributed by atoms with Gasteiger partial charge in [-0.2, -0.15) is 0 Å². The molecule has 0 bridgehead atoms. The Balaban J connectivity index is 2.46. The SMILES string of the molecule is CC(C)=C1C=C2[C@@H](CC[C@@H]2C)[C@@H](C)CC1=O. The summed E-state index contributed by atoms with van der Waals surface area (Å²) in [5, 5.41) is 0. The zero-order chi connectivity index (χ0) is 11.9. The molecule has 2 rings (SSSR count). The number of carbonyl (C=O) groups is 1. The van der Waals surface area contributed by atoms with Gasteiger partial charge in [0.25, 0.3) is 0 Å². The summed E-state index contributed by atoms with van der Waals surface area (Å²) >= 11 is 0. The van der Waals surface area contributed by atoms with Crippen LogP contribution < -0.4 is 0 Å². The van der Waals surface area contributed by atoms with Gasteiger partial charge in [-0.1, -0.05) is 31.1 Å². The summed E-state index contributed by atoms with van der Waals surface area (Å²) in [5.74, 6) is 2.21. The van der Waals surface area contributed by atoms with Crippen molar-refractivity contribution in [2.45, 2.75) is 47.0 Å². The molecule has 0 amide bonds. The first kappa shape index (κ1) is 11.6. The van der Waals surface area contributed by atoms with Crippen LogP contribution in [0.3, 0.4) is 0 Å². The van der Waals surface area contributed by atoms with Crippen LogP contribution in [0.5, 0.6) is 0 Å². The average Bonchev–Trinajstić information content (AvgIpc) is 2.49. The highest BCUT2D eigenvalue weighted by Crippen LogP contribution is 2.44. The topological polar surface area (TPSA) is 17.1 Å². The van der Waals surface area contributed by atoms with E-state index in [9.17, 15) is 4.79 Å². The van der Waals surface area contributed by atoms with Crippen molar-refractivity contribution in [1.29, 1.82) is 0 Å². The largest absolute Gasteiger partial charge is 0.294 e. The summed E-state index contributed by atoms with van der Waals surface area (Å²) in [5.41, 5.74) is 3.69. The highest BCUT2D eigenvalue weighted by atomic mass is 16.1. The van der Waals surface area contributed by atoms with Crippen LogP contribution in [0.1, 0.15) is 47.0 Å². The molecule has 0 N–H and O–H groups in total. The van der Waals surface area contributed by atoms with Gasteiger partial charge in [0.1, 0.15) is 0 Å². The molecule has 88 valence electrons. The van der Waals surface area contributed by atoms with Crippen LogP contribution in [-0.2, 0) is 4.79 Å². The number of allylic oxidation sites excluding steroid dienone is 4. The first-order chi connectivity index (χ1) is 7.50. The zero-order valence-electron chi connectivity index (χ0n) is 10.8. The van der Waals surface area contributed by atoms with Gasteiger partial charge in [-0.25, -0.2) is 0 Å². The molecule has 0 aromatic heterocycles. The van der Waals surface area contributed by atoms with E-state index in [4.69, 9.17) is 0 Å². The number of fused-ring (bicyclic) bond motifs is 1. The van der Waals surface area contributed by atoms with Crippen molar-refractivity contribution < 1.29 is 4.79 Å². The summed E-state index contributed by atoms with van der Waals surface area (Å²) < 4.78 is 0. The van der Waals surface area contributed by atoms with Gasteiger partial charge in [-0.15, -0.1) is 0 Å². The maximum absolute atomic E-state index is 12.1. The first-order valence-corrected chi connectivity index (χ1v) is 6.43. The summed E-state index contributed by atoms with van der Waals surface area (Å²) in [4.78, 5) is 12.1. The Morgan fingerprint density at radius 3 is 2.56 bits per heavy atom. The molecule has 2 aliphatic carbocycles. The Kier molecular flexibility index (Phi) is 3.05. The van der Waals surface area contributed by atoms with Crippen LogP contribution in [0.4, 0.5) is 0 Å². The van der Waals surface area contributed by atoms with Crippen LogP contribution in [0, 0.1) is 17.8 Å². The van der Waals surface area contributed by atoms with Crippen molar-refractivity contribution in [1.82, 2.24) is 0 Å². The Bertz CT molecular complexity index is 369. The second-order valence-corrected chi connectivity index (χ2v) is 5.75. The maximum Gasteiger partial charge on any atom is 0.163 e. The van der Waals surface area contributed by atoms with Gasteiger partial charge in [-0.3, -0.25) is 4.79 Å². The molecule has 1 saturated carbocycles. The number of ketones is 1. The van der Waals surface area contributed by atoms with Crippen LogP contribution >= 0.6 is 0 Å². The molecule has 0 unspecified atom stereocenters. The van der Waals surface area contributed by atoms with Crippen LogP contribution in [-0.4, -0.2) is 5.78 Å². The lowest BCUT2D eigenvalue weighted by Gasteiger charge is -2.18. The minimum Gasteiger partial charge on any atom is -0.294 e. The Hall–Kier alpha value is -0.850. The van der Waals surface area contributed by atoms with Crippen molar-refractivity contribution in [3.63, 3.8) is 0 Å². The van der Waals surface area contributed by atoms with Gasteiger partial charge >= 0.3 is 0 Å². The van der Waals surface area contributed by atoms with Crippen LogP contribution in [0.2, 0.25) is 0 Å². The molecule has 3 atom stereocenters. The second-order valence-electron chi connectivity index (χ2n) is 5.75. The summed E-state index contributed by atoms with van der Waals surface area (Å²) in [6.07, 6.45) is 5.52. The molecule has 1 fully saturated rings. The van der Waals surface area contributed by atoms with Crippen molar-refractivity contribution in [2.24, 2.45) is 17.8 Å². The predicted molar refractivity (Wildman–Crippen MR) is 67.1 cm³/mol. The van der Waals surface area contributed by atoms with Gasteiger partial charge in [0.2, 0.25) is 0 Å². The smallest absolute Gasteiger partial charge is 0.163 e. The summed E-state index contributed by atoms with van der Waals surface area (Å²) in [6.45, 7) is 8.64. The van der Waals surface area contributed by atoms with E-state index in [0.717, 1.165) is 12.0 Å².